The van der Waals surface area contributed by atoms with E-state index in [1.165, 1.54) is 12.7 Å². The third kappa shape index (κ3) is 3.85. The highest BCUT2D eigenvalue weighted by molar-refractivity contribution is 7.99. The number of benzene rings is 1. The number of ketones is 1. The summed E-state index contributed by atoms with van der Waals surface area (Å²) in [6, 6.07) is 10.2. The summed E-state index contributed by atoms with van der Waals surface area (Å²) in [6.45, 7) is 0. The van der Waals surface area contributed by atoms with Gasteiger partial charge in [0.15, 0.2) is 0 Å². The van der Waals surface area contributed by atoms with E-state index in [1.807, 2.05) is 18.2 Å². The highest BCUT2D eigenvalue weighted by Gasteiger charge is 2.35. The molecule has 0 radical (unpaired) electrons. The van der Waals surface area contributed by atoms with Crippen LogP contribution in [0.3, 0.4) is 0 Å². The van der Waals surface area contributed by atoms with Gasteiger partial charge in [-0.15, -0.1) is 0 Å². The van der Waals surface area contributed by atoms with E-state index < -0.39 is 5.97 Å². The van der Waals surface area contributed by atoms with Crippen molar-refractivity contribution >= 4 is 23.5 Å². The van der Waals surface area contributed by atoms with Gasteiger partial charge in [-0.05, 0) is 18.4 Å². The molecule has 0 heterocycles. The number of Topliss-reactive ketones (excluding diaryl/α,β-unsaturated/α-hetero) is 1. The van der Waals surface area contributed by atoms with Gasteiger partial charge in [0.25, 0.3) is 0 Å². The second-order valence-corrected chi connectivity index (χ2v) is 6.31. The first kappa shape index (κ1) is 15.1. The number of hydrogen-bond acceptors (Lipinski definition) is 4. The second kappa shape index (κ2) is 7.48. The predicted octanol–water partition coefficient (Wildman–Crippen LogP) is 3.22. The van der Waals surface area contributed by atoms with Gasteiger partial charge >= 0.3 is 5.97 Å². The molecule has 2 rings (SSSR count). The lowest BCUT2D eigenvalue weighted by Gasteiger charge is -2.29. The Hall–Kier alpha value is -1.29. The molecular formula is C16H20O3S. The van der Waals surface area contributed by atoms with Crippen LogP contribution in [0.5, 0.6) is 0 Å². The Morgan fingerprint density at radius 1 is 1.20 bits per heavy atom. The fraction of sp³-hybridized carbons (Fsp3) is 0.500. The Balaban J connectivity index is 1.96. The van der Waals surface area contributed by atoms with Gasteiger partial charge < -0.3 is 4.74 Å². The minimum atomic E-state index is -0.692. The Labute approximate surface area is 124 Å². The fourth-order valence-electron chi connectivity index (χ4n) is 2.63. The summed E-state index contributed by atoms with van der Waals surface area (Å²) in [5, 5.41) is 0.232. The molecule has 0 N–H and O–H groups in total. The third-order valence-electron chi connectivity index (χ3n) is 3.73. The summed E-state index contributed by atoms with van der Waals surface area (Å²) in [4.78, 5) is 23.5. The first-order valence-corrected chi connectivity index (χ1v) is 8.05. The molecule has 1 saturated carbocycles. The van der Waals surface area contributed by atoms with E-state index in [0.717, 1.165) is 31.4 Å². The van der Waals surface area contributed by atoms with Crippen molar-refractivity contribution in [1.29, 1.82) is 0 Å². The molecule has 0 aliphatic heterocycles. The molecule has 1 aromatic carbocycles. The molecule has 0 bridgehead atoms. The number of carbonyl (C=O) groups is 2. The van der Waals surface area contributed by atoms with E-state index >= 15 is 0 Å². The van der Waals surface area contributed by atoms with Crippen LogP contribution in [-0.2, 0) is 20.1 Å². The lowest BCUT2D eigenvalue weighted by molar-refractivity contribution is -0.153. The van der Waals surface area contributed by atoms with Crippen LogP contribution >= 0.6 is 11.8 Å². The molecule has 0 spiro atoms. The highest BCUT2D eigenvalue weighted by Crippen LogP contribution is 2.35. The van der Waals surface area contributed by atoms with Crippen molar-refractivity contribution in [2.45, 2.75) is 36.7 Å². The van der Waals surface area contributed by atoms with Gasteiger partial charge in [-0.1, -0.05) is 43.2 Å². The zero-order chi connectivity index (χ0) is 14.4. The molecule has 0 aromatic heterocycles. The maximum atomic E-state index is 12.1. The number of ether oxygens (including phenoxy) is 1. The van der Waals surface area contributed by atoms with Crippen LogP contribution in [0.25, 0.3) is 0 Å². The largest absolute Gasteiger partial charge is 0.463 e. The Morgan fingerprint density at radius 2 is 1.90 bits per heavy atom. The molecule has 3 nitrogen and oxygen atoms in total. The van der Waals surface area contributed by atoms with Gasteiger partial charge in [-0.2, -0.15) is 11.8 Å². The highest BCUT2D eigenvalue weighted by atomic mass is 32.2. The van der Waals surface area contributed by atoms with Crippen LogP contribution in [0.1, 0.15) is 31.2 Å². The molecule has 2 atom stereocenters. The molecule has 4 heteroatoms. The van der Waals surface area contributed by atoms with E-state index in [1.54, 1.807) is 11.8 Å². The van der Waals surface area contributed by atoms with Crippen LogP contribution in [-0.4, -0.2) is 24.1 Å². The van der Waals surface area contributed by atoms with Gasteiger partial charge in [-0.25, -0.2) is 4.79 Å². The minimum absolute atomic E-state index is 0.176. The Bertz CT molecular complexity index is 458. The smallest absolute Gasteiger partial charge is 0.374 e. The Morgan fingerprint density at radius 3 is 2.60 bits per heavy atom. The van der Waals surface area contributed by atoms with Crippen LogP contribution in [0.2, 0.25) is 0 Å². The molecule has 1 aliphatic carbocycles. The number of thioether (sulfide) groups is 1. The first-order chi connectivity index (χ1) is 9.72. The summed E-state index contributed by atoms with van der Waals surface area (Å²) in [5.41, 5.74) is 1.26. The topological polar surface area (TPSA) is 43.4 Å². The van der Waals surface area contributed by atoms with Gasteiger partial charge in [0.1, 0.15) is 0 Å². The number of rotatable bonds is 5. The number of hydrogen-bond donors (Lipinski definition) is 0. The monoisotopic (exact) mass is 292 g/mol. The van der Waals surface area contributed by atoms with Crippen LogP contribution in [0.4, 0.5) is 0 Å². The van der Waals surface area contributed by atoms with Crippen LogP contribution < -0.4 is 0 Å². The normalized spacial score (nSPS) is 22.2. The molecule has 108 valence electrons. The summed E-state index contributed by atoms with van der Waals surface area (Å²) in [5.74, 6) is -0.332. The lowest BCUT2D eigenvalue weighted by atomic mass is 9.85. The predicted molar refractivity (Wildman–Crippen MR) is 80.5 cm³/mol. The van der Waals surface area contributed by atoms with Crippen molar-refractivity contribution in [1.82, 2.24) is 0 Å². The average Bonchev–Trinajstić information content (AvgIpc) is 2.52. The number of carbonyl (C=O) groups excluding carboxylic acids is 2. The van der Waals surface area contributed by atoms with Crippen molar-refractivity contribution in [3.8, 4) is 0 Å². The Kier molecular flexibility index (Phi) is 5.65. The van der Waals surface area contributed by atoms with Gasteiger partial charge in [0.05, 0.1) is 7.11 Å². The van der Waals surface area contributed by atoms with Gasteiger partial charge in [0.2, 0.25) is 5.78 Å². The minimum Gasteiger partial charge on any atom is -0.463 e. The molecule has 1 aliphatic rings. The molecule has 1 fully saturated rings. The SMILES string of the molecule is COC(=O)C(=O)C1CCCCC1SCc1ccccc1. The molecule has 20 heavy (non-hydrogen) atoms. The van der Waals surface area contributed by atoms with E-state index in [9.17, 15) is 9.59 Å². The standard InChI is InChI=1S/C16H20O3S/c1-19-16(18)15(17)13-9-5-6-10-14(13)20-11-12-7-3-2-4-8-12/h2-4,7-8,13-14H,5-6,9-11H2,1H3. The van der Waals surface area contributed by atoms with E-state index in [-0.39, 0.29) is 17.0 Å². The summed E-state index contributed by atoms with van der Waals surface area (Å²) < 4.78 is 4.58. The molecule has 2 unspecified atom stereocenters. The molecule has 0 amide bonds. The van der Waals surface area contributed by atoms with E-state index in [2.05, 4.69) is 16.9 Å². The first-order valence-electron chi connectivity index (χ1n) is 7.00. The third-order valence-corrected chi connectivity index (χ3v) is 5.23. The van der Waals surface area contributed by atoms with Crippen molar-refractivity contribution in [2.24, 2.45) is 5.92 Å². The maximum Gasteiger partial charge on any atom is 0.374 e. The van der Waals surface area contributed by atoms with Crippen LogP contribution in [0.15, 0.2) is 30.3 Å². The summed E-state index contributed by atoms with van der Waals surface area (Å²) in [7, 11) is 1.27. The van der Waals surface area contributed by atoms with Crippen molar-refractivity contribution in [3.63, 3.8) is 0 Å². The van der Waals surface area contributed by atoms with Gasteiger partial charge in [0, 0.05) is 16.9 Å². The number of methoxy groups -OCH3 is 1. The zero-order valence-corrected chi connectivity index (χ0v) is 12.5. The van der Waals surface area contributed by atoms with Crippen molar-refractivity contribution in [2.75, 3.05) is 7.11 Å². The van der Waals surface area contributed by atoms with Gasteiger partial charge in [-0.3, -0.25) is 4.79 Å². The van der Waals surface area contributed by atoms with Crippen molar-refractivity contribution < 1.29 is 14.3 Å². The zero-order valence-electron chi connectivity index (χ0n) is 11.7. The van der Waals surface area contributed by atoms with Crippen LogP contribution in [0, 0.1) is 5.92 Å². The van der Waals surface area contributed by atoms with Crippen molar-refractivity contribution in [3.05, 3.63) is 35.9 Å². The lowest BCUT2D eigenvalue weighted by Crippen LogP contribution is -2.34. The van der Waals surface area contributed by atoms with E-state index in [0.29, 0.717) is 0 Å². The number of esters is 1. The quantitative estimate of drug-likeness (QED) is 0.617. The second-order valence-electron chi connectivity index (χ2n) is 5.08. The fourth-order valence-corrected chi connectivity index (χ4v) is 4.05. The molecular weight excluding hydrogens is 272 g/mol. The summed E-state index contributed by atoms with van der Waals surface area (Å²) >= 11 is 1.79. The average molecular weight is 292 g/mol. The maximum absolute atomic E-state index is 12.1. The molecule has 0 saturated heterocycles. The van der Waals surface area contributed by atoms with E-state index in [4.69, 9.17) is 0 Å². The summed E-state index contributed by atoms with van der Waals surface area (Å²) in [6.07, 6.45) is 3.97. The molecule has 1 aromatic rings.